The van der Waals surface area contributed by atoms with Crippen LogP contribution < -0.4 is 4.90 Å². The van der Waals surface area contributed by atoms with Crippen LogP contribution in [-0.2, 0) is 19.1 Å². The zero-order valence-electron chi connectivity index (χ0n) is 14.1. The molecule has 0 bridgehead atoms. The van der Waals surface area contributed by atoms with Gasteiger partial charge in [-0.2, -0.15) is 0 Å². The quantitative estimate of drug-likeness (QED) is 0.450. The second kappa shape index (κ2) is 6.49. The number of carbonyl (C=O) groups excluding carboxylic acids is 3. The molecular formula is C16H15ClN4O5. The van der Waals surface area contributed by atoms with Crippen molar-refractivity contribution >= 4 is 40.8 Å². The first-order chi connectivity index (χ1) is 12.3. The average molecular weight is 379 g/mol. The first kappa shape index (κ1) is 18.0. The fraction of sp³-hybridized carbons (Fsp3) is 0.375. The van der Waals surface area contributed by atoms with Gasteiger partial charge in [-0.05, 0) is 31.5 Å². The number of nitroso groups, excluding NO2 is 1. The minimum Gasteiger partial charge on any atom is -0.461 e. The van der Waals surface area contributed by atoms with Gasteiger partial charge in [0.1, 0.15) is 0 Å². The van der Waals surface area contributed by atoms with Crippen LogP contribution in [0.5, 0.6) is 0 Å². The zero-order chi connectivity index (χ0) is 19.1. The van der Waals surface area contributed by atoms with E-state index >= 15 is 0 Å². The zero-order valence-corrected chi connectivity index (χ0v) is 14.8. The predicted molar refractivity (Wildman–Crippen MR) is 92.3 cm³/mol. The van der Waals surface area contributed by atoms with Crippen molar-refractivity contribution in [2.24, 2.45) is 10.4 Å². The highest BCUT2D eigenvalue weighted by Crippen LogP contribution is 2.41. The molecular weight excluding hydrogens is 364 g/mol. The van der Waals surface area contributed by atoms with E-state index in [1.54, 1.807) is 26.0 Å². The van der Waals surface area contributed by atoms with Crippen LogP contribution in [0.4, 0.5) is 5.69 Å². The third kappa shape index (κ3) is 2.64. The molecule has 0 saturated carbocycles. The van der Waals surface area contributed by atoms with Crippen LogP contribution in [0.15, 0.2) is 28.6 Å². The number of anilines is 1. The van der Waals surface area contributed by atoms with E-state index in [-0.39, 0.29) is 30.8 Å². The number of imide groups is 1. The lowest BCUT2D eigenvalue weighted by atomic mass is 9.92. The van der Waals surface area contributed by atoms with Gasteiger partial charge in [0.05, 0.1) is 24.0 Å². The minimum atomic E-state index is -1.65. The van der Waals surface area contributed by atoms with Crippen molar-refractivity contribution in [1.29, 1.82) is 0 Å². The molecule has 2 heterocycles. The molecule has 2 aliphatic rings. The summed E-state index contributed by atoms with van der Waals surface area (Å²) in [6, 6.07) is 4.75. The number of halogens is 1. The second-order valence-corrected chi connectivity index (χ2v) is 6.40. The lowest BCUT2D eigenvalue weighted by Crippen LogP contribution is -2.48. The highest BCUT2D eigenvalue weighted by Gasteiger charge is 2.61. The van der Waals surface area contributed by atoms with Gasteiger partial charge in [0.25, 0.3) is 5.91 Å². The monoisotopic (exact) mass is 378 g/mol. The SMILES string of the molecule is CCOC(=O)C1=NN(N=O)C2(CC(=O)N(c3ccc(C)c(Cl)c3)C2=O)C1. The summed E-state index contributed by atoms with van der Waals surface area (Å²) < 4.78 is 4.86. The average Bonchev–Trinajstić information content (AvgIpc) is 3.09. The molecule has 3 rings (SSSR count). The maximum absolute atomic E-state index is 13.0. The maximum atomic E-state index is 13.0. The van der Waals surface area contributed by atoms with Gasteiger partial charge in [-0.1, -0.05) is 17.7 Å². The van der Waals surface area contributed by atoms with Gasteiger partial charge in [-0.3, -0.25) is 9.59 Å². The van der Waals surface area contributed by atoms with Crippen molar-refractivity contribution in [1.82, 2.24) is 5.12 Å². The molecule has 1 aromatic carbocycles. The highest BCUT2D eigenvalue weighted by atomic mass is 35.5. The van der Waals surface area contributed by atoms with Gasteiger partial charge in [-0.25, -0.2) is 9.69 Å². The van der Waals surface area contributed by atoms with Crippen LogP contribution in [0.3, 0.4) is 0 Å². The van der Waals surface area contributed by atoms with E-state index in [0.717, 1.165) is 10.5 Å². The standard InChI is InChI=1S/C16H15ClN4O5/c1-3-26-14(23)12-7-16(21(18-12)19-25)8-13(22)20(15(16)24)10-5-4-9(2)11(17)6-10/h4-6H,3,7-8H2,1-2H3. The number of carbonyl (C=O) groups is 3. The van der Waals surface area contributed by atoms with Crippen LogP contribution in [0.2, 0.25) is 5.02 Å². The molecule has 1 atom stereocenters. The number of hydrogen-bond acceptors (Lipinski definition) is 7. The van der Waals surface area contributed by atoms with Crippen LogP contribution >= 0.6 is 11.6 Å². The minimum absolute atomic E-state index is 0.111. The number of aryl methyl sites for hydroxylation is 1. The molecule has 9 nitrogen and oxygen atoms in total. The molecule has 1 spiro atoms. The second-order valence-electron chi connectivity index (χ2n) is 5.99. The molecule has 0 radical (unpaired) electrons. The van der Waals surface area contributed by atoms with Gasteiger partial charge in [0, 0.05) is 11.4 Å². The van der Waals surface area contributed by atoms with Crippen molar-refractivity contribution in [3.63, 3.8) is 0 Å². The predicted octanol–water partition coefficient (Wildman–Crippen LogP) is 1.96. The van der Waals surface area contributed by atoms with Gasteiger partial charge < -0.3 is 4.74 Å². The molecule has 0 aliphatic carbocycles. The summed E-state index contributed by atoms with van der Waals surface area (Å²) in [6.45, 7) is 3.52. The number of hydrogen-bond donors (Lipinski definition) is 0. The Labute approximate surface area is 153 Å². The third-order valence-electron chi connectivity index (χ3n) is 4.35. The maximum Gasteiger partial charge on any atom is 0.354 e. The first-order valence-electron chi connectivity index (χ1n) is 7.85. The Bertz CT molecular complexity index is 855. The Balaban J connectivity index is 1.96. The summed E-state index contributed by atoms with van der Waals surface area (Å²) in [5, 5.41) is 7.48. The molecule has 1 fully saturated rings. The smallest absolute Gasteiger partial charge is 0.354 e. The summed E-state index contributed by atoms with van der Waals surface area (Å²) in [4.78, 5) is 49.6. The van der Waals surface area contributed by atoms with E-state index in [9.17, 15) is 19.3 Å². The normalized spacial score (nSPS) is 22.2. The summed E-state index contributed by atoms with van der Waals surface area (Å²) in [6.07, 6.45) is -0.576. The van der Waals surface area contributed by atoms with Crippen molar-refractivity contribution in [3.05, 3.63) is 33.7 Å². The number of benzene rings is 1. The van der Waals surface area contributed by atoms with E-state index in [1.807, 2.05) is 0 Å². The van der Waals surface area contributed by atoms with Crippen LogP contribution in [0, 0.1) is 11.8 Å². The van der Waals surface area contributed by atoms with Crippen molar-refractivity contribution in [3.8, 4) is 0 Å². The van der Waals surface area contributed by atoms with E-state index in [0.29, 0.717) is 10.1 Å². The Kier molecular flexibility index (Phi) is 4.49. The molecule has 10 heteroatoms. The molecule has 0 aromatic heterocycles. The van der Waals surface area contributed by atoms with Crippen molar-refractivity contribution < 1.29 is 19.1 Å². The molecule has 136 valence electrons. The van der Waals surface area contributed by atoms with E-state index in [1.165, 1.54) is 6.07 Å². The van der Waals surface area contributed by atoms with E-state index < -0.39 is 23.3 Å². The molecule has 1 unspecified atom stereocenters. The molecule has 26 heavy (non-hydrogen) atoms. The summed E-state index contributed by atoms with van der Waals surface area (Å²) in [5.41, 5.74) is -0.716. The van der Waals surface area contributed by atoms with Gasteiger partial charge in [-0.15, -0.1) is 15.1 Å². The van der Waals surface area contributed by atoms with Crippen molar-refractivity contribution in [2.75, 3.05) is 11.5 Å². The Morgan fingerprint density at radius 2 is 2.12 bits per heavy atom. The topological polar surface area (TPSA) is 109 Å². The van der Waals surface area contributed by atoms with Crippen LogP contribution in [0.25, 0.3) is 0 Å². The first-order valence-corrected chi connectivity index (χ1v) is 8.23. The highest BCUT2D eigenvalue weighted by molar-refractivity contribution is 6.39. The lowest BCUT2D eigenvalue weighted by Gasteiger charge is -2.24. The van der Waals surface area contributed by atoms with Gasteiger partial charge in [0.2, 0.25) is 5.91 Å². The number of nitrogens with zero attached hydrogens (tertiary/aromatic N) is 4. The number of esters is 1. The number of rotatable bonds is 4. The molecule has 1 saturated heterocycles. The molecule has 2 amide bonds. The largest absolute Gasteiger partial charge is 0.461 e. The fourth-order valence-corrected chi connectivity index (χ4v) is 3.19. The fourth-order valence-electron chi connectivity index (χ4n) is 3.02. The van der Waals surface area contributed by atoms with E-state index in [2.05, 4.69) is 10.4 Å². The van der Waals surface area contributed by atoms with Gasteiger partial charge in [0.15, 0.2) is 11.3 Å². The van der Waals surface area contributed by atoms with Crippen LogP contribution in [-0.4, -0.2) is 40.8 Å². The Morgan fingerprint density at radius 3 is 2.73 bits per heavy atom. The number of ether oxygens (including phenoxy) is 1. The van der Waals surface area contributed by atoms with Crippen molar-refractivity contribution in [2.45, 2.75) is 32.2 Å². The number of amides is 2. The molecule has 1 aromatic rings. The number of hydrazone groups is 1. The summed E-state index contributed by atoms with van der Waals surface area (Å²) in [7, 11) is 0. The molecule has 0 N–H and O–H groups in total. The van der Waals surface area contributed by atoms with Gasteiger partial charge >= 0.3 is 5.97 Å². The van der Waals surface area contributed by atoms with Crippen LogP contribution in [0.1, 0.15) is 25.3 Å². The lowest BCUT2D eigenvalue weighted by molar-refractivity contribution is -0.135. The summed E-state index contributed by atoms with van der Waals surface area (Å²) in [5.74, 6) is -1.98. The summed E-state index contributed by atoms with van der Waals surface area (Å²) >= 11 is 6.08. The Hall–Kier alpha value is -2.81. The Morgan fingerprint density at radius 1 is 1.38 bits per heavy atom. The third-order valence-corrected chi connectivity index (χ3v) is 4.76. The molecule has 2 aliphatic heterocycles. The van der Waals surface area contributed by atoms with E-state index in [4.69, 9.17) is 16.3 Å².